The van der Waals surface area contributed by atoms with Crippen LogP contribution in [-0.4, -0.2) is 11.5 Å². The van der Waals surface area contributed by atoms with Crippen LogP contribution in [-0.2, 0) is 6.42 Å². The van der Waals surface area contributed by atoms with Crippen LogP contribution in [0.5, 0.6) is 0 Å². The van der Waals surface area contributed by atoms with Crippen LogP contribution in [0.4, 0.5) is 0 Å². The lowest BCUT2D eigenvalue weighted by Crippen LogP contribution is -2.24. The quantitative estimate of drug-likeness (QED) is 0.837. The van der Waals surface area contributed by atoms with Gasteiger partial charge in [0.1, 0.15) is 0 Å². The van der Waals surface area contributed by atoms with Crippen molar-refractivity contribution in [3.8, 4) is 0 Å². The summed E-state index contributed by atoms with van der Waals surface area (Å²) in [6, 6.07) is 15.1. The molecule has 1 atom stereocenters. The van der Waals surface area contributed by atoms with Crippen molar-refractivity contribution in [1.82, 2.24) is 10.3 Å². The first kappa shape index (κ1) is 12.8. The van der Waals surface area contributed by atoms with E-state index in [4.69, 9.17) is 0 Å². The second-order valence-electron chi connectivity index (χ2n) is 4.48. The van der Waals surface area contributed by atoms with Crippen LogP contribution in [0.1, 0.15) is 30.5 Å². The zero-order valence-corrected chi connectivity index (χ0v) is 10.8. The summed E-state index contributed by atoms with van der Waals surface area (Å²) in [5, 5.41) is 3.59. The first-order valence-corrected chi connectivity index (χ1v) is 6.57. The molecular formula is C16H20N2. The first-order valence-electron chi connectivity index (χ1n) is 6.57. The second kappa shape index (κ2) is 6.92. The van der Waals surface area contributed by atoms with Gasteiger partial charge < -0.3 is 5.32 Å². The monoisotopic (exact) mass is 240 g/mol. The molecule has 0 amide bonds. The van der Waals surface area contributed by atoms with Gasteiger partial charge in [-0.25, -0.2) is 0 Å². The summed E-state index contributed by atoms with van der Waals surface area (Å²) in [7, 11) is 0. The smallest absolute Gasteiger partial charge is 0.0376 e. The molecule has 0 radical (unpaired) electrons. The Morgan fingerprint density at radius 3 is 2.61 bits per heavy atom. The fraction of sp³-hybridized carbons (Fsp3) is 0.312. The lowest BCUT2D eigenvalue weighted by molar-refractivity contribution is 0.528. The molecule has 1 aromatic carbocycles. The van der Waals surface area contributed by atoms with E-state index in [0.29, 0.717) is 6.04 Å². The highest BCUT2D eigenvalue weighted by molar-refractivity contribution is 5.21. The maximum atomic E-state index is 4.22. The Morgan fingerprint density at radius 1 is 1.11 bits per heavy atom. The van der Waals surface area contributed by atoms with Gasteiger partial charge in [-0.15, -0.1) is 0 Å². The summed E-state index contributed by atoms with van der Waals surface area (Å²) in [6.07, 6.45) is 5.93. The van der Waals surface area contributed by atoms with Gasteiger partial charge in [0.15, 0.2) is 0 Å². The maximum absolute atomic E-state index is 4.22. The molecule has 1 unspecified atom stereocenters. The standard InChI is InChI=1S/C16H20N2/c1-2-10-18-16(15-9-6-11-17-13-15)12-14-7-4-3-5-8-14/h3-9,11,13,16,18H,2,10,12H2,1H3. The van der Waals surface area contributed by atoms with Crippen molar-refractivity contribution in [1.29, 1.82) is 0 Å². The van der Waals surface area contributed by atoms with Crippen molar-refractivity contribution in [3.63, 3.8) is 0 Å². The van der Waals surface area contributed by atoms with Crippen molar-refractivity contribution < 1.29 is 0 Å². The lowest BCUT2D eigenvalue weighted by Gasteiger charge is -2.18. The van der Waals surface area contributed by atoms with Crippen LogP contribution < -0.4 is 5.32 Å². The van der Waals surface area contributed by atoms with Gasteiger partial charge in [-0.2, -0.15) is 0 Å². The summed E-state index contributed by atoms with van der Waals surface area (Å²) >= 11 is 0. The van der Waals surface area contributed by atoms with E-state index in [2.05, 4.69) is 53.6 Å². The summed E-state index contributed by atoms with van der Waals surface area (Å²) in [5.41, 5.74) is 2.62. The Balaban J connectivity index is 2.10. The zero-order chi connectivity index (χ0) is 12.6. The predicted molar refractivity (Wildman–Crippen MR) is 75.4 cm³/mol. The summed E-state index contributed by atoms with van der Waals surface area (Å²) in [6.45, 7) is 3.22. The molecule has 1 heterocycles. The predicted octanol–water partition coefficient (Wildman–Crippen LogP) is 3.37. The molecular weight excluding hydrogens is 220 g/mol. The highest BCUT2D eigenvalue weighted by Gasteiger charge is 2.11. The van der Waals surface area contributed by atoms with E-state index >= 15 is 0 Å². The molecule has 0 saturated heterocycles. The second-order valence-corrected chi connectivity index (χ2v) is 4.48. The third-order valence-electron chi connectivity index (χ3n) is 3.01. The molecule has 94 valence electrons. The first-order chi connectivity index (χ1) is 8.90. The third-order valence-corrected chi connectivity index (χ3v) is 3.01. The Bertz CT molecular complexity index is 439. The molecule has 0 spiro atoms. The van der Waals surface area contributed by atoms with Crippen LogP contribution in [0, 0.1) is 0 Å². The summed E-state index contributed by atoms with van der Waals surface area (Å²) in [4.78, 5) is 4.22. The molecule has 2 rings (SSSR count). The molecule has 0 bridgehead atoms. The lowest BCUT2D eigenvalue weighted by atomic mass is 10.00. The van der Waals surface area contributed by atoms with Crippen LogP contribution in [0.2, 0.25) is 0 Å². The average molecular weight is 240 g/mol. The molecule has 1 N–H and O–H groups in total. The Labute approximate surface area is 109 Å². The van der Waals surface area contributed by atoms with Gasteiger partial charge in [0.25, 0.3) is 0 Å². The third kappa shape index (κ3) is 3.67. The molecule has 0 aliphatic rings. The molecule has 0 aliphatic heterocycles. The van der Waals surface area contributed by atoms with Crippen molar-refractivity contribution >= 4 is 0 Å². The molecule has 1 aromatic heterocycles. The van der Waals surface area contributed by atoms with E-state index < -0.39 is 0 Å². The molecule has 18 heavy (non-hydrogen) atoms. The fourth-order valence-corrected chi connectivity index (χ4v) is 2.06. The summed E-state index contributed by atoms with van der Waals surface area (Å²) in [5.74, 6) is 0. The number of hydrogen-bond acceptors (Lipinski definition) is 2. The normalized spacial score (nSPS) is 12.3. The van der Waals surface area contributed by atoms with Crippen molar-refractivity contribution in [3.05, 3.63) is 66.0 Å². The van der Waals surface area contributed by atoms with Crippen LogP contribution in [0.25, 0.3) is 0 Å². The van der Waals surface area contributed by atoms with E-state index in [9.17, 15) is 0 Å². The number of hydrogen-bond donors (Lipinski definition) is 1. The minimum Gasteiger partial charge on any atom is -0.310 e. The van der Waals surface area contributed by atoms with Crippen LogP contribution >= 0.6 is 0 Å². The maximum Gasteiger partial charge on any atom is 0.0376 e. The number of nitrogens with zero attached hydrogens (tertiary/aromatic N) is 1. The molecule has 2 aromatic rings. The summed E-state index contributed by atoms with van der Waals surface area (Å²) < 4.78 is 0. The Morgan fingerprint density at radius 2 is 1.94 bits per heavy atom. The number of aromatic nitrogens is 1. The SMILES string of the molecule is CCCNC(Cc1ccccc1)c1cccnc1. The van der Waals surface area contributed by atoms with Gasteiger partial charge in [0.2, 0.25) is 0 Å². The largest absolute Gasteiger partial charge is 0.310 e. The number of benzene rings is 1. The minimum atomic E-state index is 0.348. The van der Waals surface area contributed by atoms with Crippen LogP contribution in [0.3, 0.4) is 0 Å². The molecule has 0 fully saturated rings. The number of rotatable bonds is 6. The molecule has 0 aliphatic carbocycles. The topological polar surface area (TPSA) is 24.9 Å². The van der Waals surface area contributed by atoms with Crippen LogP contribution in [0.15, 0.2) is 54.9 Å². The van der Waals surface area contributed by atoms with Gasteiger partial charge >= 0.3 is 0 Å². The van der Waals surface area contributed by atoms with Gasteiger partial charge in [-0.05, 0) is 36.6 Å². The molecule has 2 nitrogen and oxygen atoms in total. The van der Waals surface area contributed by atoms with E-state index in [1.54, 1.807) is 0 Å². The zero-order valence-electron chi connectivity index (χ0n) is 10.8. The van der Waals surface area contributed by atoms with Gasteiger partial charge in [-0.3, -0.25) is 4.98 Å². The van der Waals surface area contributed by atoms with Crippen molar-refractivity contribution in [2.75, 3.05) is 6.54 Å². The number of pyridine rings is 1. The van der Waals surface area contributed by atoms with E-state index in [1.807, 2.05) is 18.5 Å². The average Bonchev–Trinajstić information content (AvgIpc) is 2.45. The molecule has 2 heteroatoms. The van der Waals surface area contributed by atoms with Gasteiger partial charge in [0.05, 0.1) is 0 Å². The van der Waals surface area contributed by atoms with Gasteiger partial charge in [-0.1, -0.05) is 43.3 Å². The van der Waals surface area contributed by atoms with Gasteiger partial charge in [0, 0.05) is 18.4 Å². The molecule has 0 saturated carbocycles. The number of nitrogens with one attached hydrogen (secondary N) is 1. The minimum absolute atomic E-state index is 0.348. The van der Waals surface area contributed by atoms with E-state index in [0.717, 1.165) is 19.4 Å². The fourth-order valence-electron chi connectivity index (χ4n) is 2.06. The Hall–Kier alpha value is -1.67. The highest BCUT2D eigenvalue weighted by Crippen LogP contribution is 2.17. The van der Waals surface area contributed by atoms with Crippen molar-refractivity contribution in [2.45, 2.75) is 25.8 Å². The van der Waals surface area contributed by atoms with Crippen molar-refractivity contribution in [2.24, 2.45) is 0 Å². The van der Waals surface area contributed by atoms with E-state index in [1.165, 1.54) is 11.1 Å². The Kier molecular flexibility index (Phi) is 4.91. The highest BCUT2D eigenvalue weighted by atomic mass is 14.9. The van der Waals surface area contributed by atoms with E-state index in [-0.39, 0.29) is 0 Å².